The fraction of sp³-hybridized carbons (Fsp3) is 0.154. The molecule has 3 N–H and O–H groups in total. The van der Waals surface area contributed by atoms with Gasteiger partial charge in [0.15, 0.2) is 0 Å². The van der Waals surface area contributed by atoms with Crippen LogP contribution in [0.25, 0.3) is 0 Å². The Hall–Kier alpha value is -1.66. The Labute approximate surface area is 118 Å². The molecule has 0 aliphatic rings. The molecule has 2 rings (SSSR count). The molecule has 1 heterocycles. The second-order valence-corrected chi connectivity index (χ2v) is 6.65. The summed E-state index contributed by atoms with van der Waals surface area (Å²) in [7, 11) is -1.10. The predicted octanol–water partition coefficient (Wildman–Crippen LogP) is 2.47. The monoisotopic (exact) mass is 294 g/mol. The number of hydrogen-bond donors (Lipinski definition) is 2. The molecule has 1 atom stereocenters. The van der Waals surface area contributed by atoms with Crippen LogP contribution in [0.2, 0.25) is 0 Å². The third kappa shape index (κ3) is 4.18. The number of nitrogen functional groups attached to an aromatic ring is 1. The Morgan fingerprint density at radius 2 is 2.00 bits per heavy atom. The van der Waals surface area contributed by atoms with E-state index in [0.717, 1.165) is 4.21 Å². The van der Waals surface area contributed by atoms with Gasteiger partial charge >= 0.3 is 0 Å². The van der Waals surface area contributed by atoms with E-state index in [2.05, 4.69) is 5.32 Å². The lowest BCUT2D eigenvalue weighted by Gasteiger charge is -2.05. The number of nitrogens with two attached hydrogens (primary N) is 1. The van der Waals surface area contributed by atoms with Crippen molar-refractivity contribution in [3.63, 3.8) is 0 Å². The maximum atomic E-state index is 11.8. The standard InChI is InChI=1S/C13H14N2O2S2/c14-10-3-5-11(6-4-10)15-12(16)7-9-19(17)13-2-1-8-18-13/h1-6,8H,7,9,14H2,(H,15,16). The van der Waals surface area contributed by atoms with Crippen molar-refractivity contribution in [2.24, 2.45) is 0 Å². The lowest BCUT2D eigenvalue weighted by Crippen LogP contribution is -2.14. The Balaban J connectivity index is 1.82. The molecule has 19 heavy (non-hydrogen) atoms. The highest BCUT2D eigenvalue weighted by atomic mass is 32.2. The summed E-state index contributed by atoms with van der Waals surface area (Å²) in [4.78, 5) is 11.7. The summed E-state index contributed by atoms with van der Waals surface area (Å²) in [6.45, 7) is 0. The Bertz CT molecular complexity index is 565. The van der Waals surface area contributed by atoms with Crippen LogP contribution in [0.15, 0.2) is 46.0 Å². The van der Waals surface area contributed by atoms with E-state index in [1.807, 2.05) is 17.5 Å². The van der Waals surface area contributed by atoms with Crippen LogP contribution in [0.5, 0.6) is 0 Å². The third-order valence-electron chi connectivity index (χ3n) is 2.43. The van der Waals surface area contributed by atoms with E-state index in [1.165, 1.54) is 11.3 Å². The molecule has 0 saturated heterocycles. The second kappa shape index (κ2) is 6.49. The van der Waals surface area contributed by atoms with Crippen molar-refractivity contribution < 1.29 is 9.00 Å². The molecular weight excluding hydrogens is 280 g/mol. The molecule has 1 aromatic heterocycles. The second-order valence-electron chi connectivity index (χ2n) is 3.90. The van der Waals surface area contributed by atoms with Crippen LogP contribution >= 0.6 is 11.3 Å². The zero-order chi connectivity index (χ0) is 13.7. The number of nitrogens with one attached hydrogen (secondary N) is 1. The Morgan fingerprint density at radius 3 is 2.63 bits per heavy atom. The molecule has 1 aromatic carbocycles. The fourth-order valence-corrected chi connectivity index (χ4v) is 3.57. The molecule has 2 aromatic rings. The average Bonchev–Trinajstić information content (AvgIpc) is 2.93. The molecule has 0 aliphatic heterocycles. The van der Waals surface area contributed by atoms with Gasteiger partial charge in [0.2, 0.25) is 5.91 Å². The third-order valence-corrected chi connectivity index (χ3v) is 5.10. The first-order valence-electron chi connectivity index (χ1n) is 5.72. The first kappa shape index (κ1) is 13.8. The first-order valence-corrected chi connectivity index (χ1v) is 7.92. The van der Waals surface area contributed by atoms with Gasteiger partial charge in [0, 0.05) is 23.5 Å². The normalized spacial score (nSPS) is 12.0. The Kier molecular flexibility index (Phi) is 4.70. The molecule has 1 amide bonds. The summed E-state index contributed by atoms with van der Waals surface area (Å²) in [6.07, 6.45) is 0.231. The van der Waals surface area contributed by atoms with Crippen molar-refractivity contribution >= 4 is 39.4 Å². The number of hydrogen-bond acceptors (Lipinski definition) is 4. The highest BCUT2D eigenvalue weighted by Crippen LogP contribution is 2.15. The van der Waals surface area contributed by atoms with Crippen molar-refractivity contribution in [1.29, 1.82) is 0 Å². The average molecular weight is 294 g/mol. The van der Waals surface area contributed by atoms with Crippen molar-refractivity contribution in [3.8, 4) is 0 Å². The van der Waals surface area contributed by atoms with Crippen LogP contribution in [-0.2, 0) is 15.6 Å². The summed E-state index contributed by atoms with van der Waals surface area (Å²) >= 11 is 1.44. The number of benzene rings is 1. The zero-order valence-corrected chi connectivity index (χ0v) is 11.8. The van der Waals surface area contributed by atoms with Crippen LogP contribution in [0.1, 0.15) is 6.42 Å². The number of carbonyl (C=O) groups excluding carboxylic acids is 1. The fourth-order valence-electron chi connectivity index (χ4n) is 1.47. The summed E-state index contributed by atoms with van der Waals surface area (Å²) < 4.78 is 12.6. The SMILES string of the molecule is Nc1ccc(NC(=O)CCS(=O)c2cccs2)cc1. The molecule has 100 valence electrons. The number of amides is 1. The minimum Gasteiger partial charge on any atom is -0.399 e. The molecule has 0 spiro atoms. The maximum absolute atomic E-state index is 11.8. The maximum Gasteiger partial charge on any atom is 0.225 e. The van der Waals surface area contributed by atoms with Gasteiger partial charge < -0.3 is 11.1 Å². The zero-order valence-electron chi connectivity index (χ0n) is 10.2. The van der Waals surface area contributed by atoms with Crippen molar-refractivity contribution in [2.45, 2.75) is 10.6 Å². The van der Waals surface area contributed by atoms with Crippen LogP contribution in [0.4, 0.5) is 11.4 Å². The van der Waals surface area contributed by atoms with Crippen molar-refractivity contribution in [3.05, 3.63) is 41.8 Å². The van der Waals surface area contributed by atoms with Gasteiger partial charge in [-0.05, 0) is 35.7 Å². The van der Waals surface area contributed by atoms with Gasteiger partial charge in [-0.3, -0.25) is 9.00 Å². The van der Waals surface area contributed by atoms with Gasteiger partial charge in [-0.2, -0.15) is 0 Å². The molecule has 0 saturated carbocycles. The minimum atomic E-state index is -1.10. The summed E-state index contributed by atoms with van der Waals surface area (Å²) in [5.74, 6) is 0.191. The summed E-state index contributed by atoms with van der Waals surface area (Å²) in [6, 6.07) is 10.6. The number of anilines is 2. The highest BCUT2D eigenvalue weighted by molar-refractivity contribution is 7.87. The lowest BCUT2D eigenvalue weighted by molar-refractivity contribution is -0.115. The van der Waals surface area contributed by atoms with Crippen LogP contribution in [0, 0.1) is 0 Å². The number of carbonyl (C=O) groups is 1. The van der Waals surface area contributed by atoms with E-state index >= 15 is 0 Å². The molecule has 0 radical (unpaired) electrons. The largest absolute Gasteiger partial charge is 0.399 e. The van der Waals surface area contributed by atoms with E-state index in [9.17, 15) is 9.00 Å². The number of rotatable bonds is 5. The summed E-state index contributed by atoms with van der Waals surface area (Å²) in [5, 5.41) is 4.62. The van der Waals surface area contributed by atoms with Gasteiger partial charge in [0.05, 0.1) is 15.0 Å². The quantitative estimate of drug-likeness (QED) is 0.832. The predicted molar refractivity (Wildman–Crippen MR) is 79.7 cm³/mol. The Morgan fingerprint density at radius 1 is 1.26 bits per heavy atom. The van der Waals surface area contributed by atoms with Gasteiger partial charge in [-0.15, -0.1) is 11.3 Å². The van der Waals surface area contributed by atoms with Gasteiger partial charge in [-0.25, -0.2) is 0 Å². The molecule has 4 nitrogen and oxygen atoms in total. The van der Waals surface area contributed by atoms with Crippen LogP contribution in [0.3, 0.4) is 0 Å². The van der Waals surface area contributed by atoms with Crippen molar-refractivity contribution in [1.82, 2.24) is 0 Å². The summed E-state index contributed by atoms with van der Waals surface area (Å²) in [5.41, 5.74) is 6.90. The first-order chi connectivity index (χ1) is 9.15. The van der Waals surface area contributed by atoms with Gasteiger partial charge in [0.25, 0.3) is 0 Å². The molecule has 1 unspecified atom stereocenters. The molecule has 0 aliphatic carbocycles. The number of thiophene rings is 1. The smallest absolute Gasteiger partial charge is 0.225 e. The van der Waals surface area contributed by atoms with Gasteiger partial charge in [0.1, 0.15) is 0 Å². The van der Waals surface area contributed by atoms with Crippen LogP contribution < -0.4 is 11.1 Å². The molecule has 0 fully saturated rings. The van der Waals surface area contributed by atoms with E-state index in [0.29, 0.717) is 17.1 Å². The lowest BCUT2D eigenvalue weighted by atomic mass is 10.3. The molecule has 0 bridgehead atoms. The molecule has 6 heteroatoms. The van der Waals surface area contributed by atoms with Crippen LogP contribution in [-0.4, -0.2) is 15.9 Å². The van der Waals surface area contributed by atoms with E-state index in [-0.39, 0.29) is 12.3 Å². The van der Waals surface area contributed by atoms with E-state index < -0.39 is 10.8 Å². The molecular formula is C13H14N2O2S2. The van der Waals surface area contributed by atoms with Crippen molar-refractivity contribution in [2.75, 3.05) is 16.8 Å². The topological polar surface area (TPSA) is 72.2 Å². The minimum absolute atomic E-state index is 0.144. The van der Waals surface area contributed by atoms with Gasteiger partial charge in [-0.1, -0.05) is 6.07 Å². The highest BCUT2D eigenvalue weighted by Gasteiger charge is 2.08. The van der Waals surface area contributed by atoms with E-state index in [4.69, 9.17) is 5.73 Å². The van der Waals surface area contributed by atoms with E-state index in [1.54, 1.807) is 24.3 Å².